The molecule has 2 nitrogen and oxygen atoms in total. The van der Waals surface area contributed by atoms with Crippen molar-refractivity contribution < 1.29 is 4.74 Å². The smallest absolute Gasteiger partial charge is 0.0642 e. The molecule has 0 aromatic rings. The first-order valence-electron chi connectivity index (χ1n) is 4.84. The van der Waals surface area contributed by atoms with Gasteiger partial charge in [0.15, 0.2) is 0 Å². The molecule has 0 saturated carbocycles. The van der Waals surface area contributed by atoms with Crippen molar-refractivity contribution in [3.8, 4) is 0 Å². The van der Waals surface area contributed by atoms with Crippen LogP contribution in [0.4, 0.5) is 0 Å². The summed E-state index contributed by atoms with van der Waals surface area (Å²) in [5, 5.41) is 0. The first kappa shape index (κ1) is 10.3. The lowest BCUT2D eigenvalue weighted by Crippen LogP contribution is -2.34. The Balaban J connectivity index is 2.49. The van der Waals surface area contributed by atoms with Gasteiger partial charge in [0.05, 0.1) is 13.2 Å². The van der Waals surface area contributed by atoms with E-state index >= 15 is 0 Å². The number of nitrogens with zero attached hydrogens (tertiary/aromatic N) is 1. The third-order valence-electron chi connectivity index (χ3n) is 2.17. The van der Waals surface area contributed by atoms with Crippen LogP contribution >= 0.6 is 0 Å². The van der Waals surface area contributed by atoms with Gasteiger partial charge in [-0.25, -0.2) is 0 Å². The summed E-state index contributed by atoms with van der Waals surface area (Å²) < 4.78 is 5.29. The van der Waals surface area contributed by atoms with Crippen LogP contribution in [0.2, 0.25) is 0 Å². The van der Waals surface area contributed by atoms with Crippen molar-refractivity contribution in [2.75, 3.05) is 26.3 Å². The van der Waals surface area contributed by atoms with Crippen LogP contribution in [0.5, 0.6) is 0 Å². The summed E-state index contributed by atoms with van der Waals surface area (Å²) in [5.41, 5.74) is 2.68. The van der Waals surface area contributed by atoms with Gasteiger partial charge in [0, 0.05) is 18.8 Å². The largest absolute Gasteiger partial charge is 0.378 e. The lowest BCUT2D eigenvalue weighted by atomic mass is 10.2. The van der Waals surface area contributed by atoms with Gasteiger partial charge in [0.2, 0.25) is 0 Å². The molecule has 1 fully saturated rings. The molecule has 1 aliphatic heterocycles. The minimum Gasteiger partial charge on any atom is -0.378 e. The Hall–Kier alpha value is -0.760. The zero-order chi connectivity index (χ0) is 9.68. The van der Waals surface area contributed by atoms with Gasteiger partial charge in [0.1, 0.15) is 0 Å². The molecule has 0 unspecified atom stereocenters. The molecular weight excluding hydrogens is 162 g/mol. The molecule has 0 aromatic carbocycles. The third kappa shape index (κ3) is 3.64. The van der Waals surface area contributed by atoms with Gasteiger partial charge in [0.25, 0.3) is 0 Å². The summed E-state index contributed by atoms with van der Waals surface area (Å²) in [4.78, 5) is 2.36. The van der Waals surface area contributed by atoms with E-state index in [1.54, 1.807) is 0 Å². The molecule has 74 valence electrons. The zero-order valence-corrected chi connectivity index (χ0v) is 8.84. The van der Waals surface area contributed by atoms with E-state index < -0.39 is 0 Å². The van der Waals surface area contributed by atoms with Crippen molar-refractivity contribution in [2.45, 2.75) is 20.8 Å². The molecular formula is C11H19NO. The van der Waals surface area contributed by atoms with Crippen molar-refractivity contribution in [3.05, 3.63) is 23.4 Å². The van der Waals surface area contributed by atoms with Crippen LogP contribution in [0.25, 0.3) is 0 Å². The summed E-state index contributed by atoms with van der Waals surface area (Å²) in [5.74, 6) is 0. The van der Waals surface area contributed by atoms with Crippen LogP contribution in [0.1, 0.15) is 20.8 Å². The van der Waals surface area contributed by atoms with Crippen LogP contribution in [-0.4, -0.2) is 31.2 Å². The molecule has 1 aliphatic rings. The Morgan fingerprint density at radius 1 is 1.08 bits per heavy atom. The Bertz CT molecular complexity index is 208. The van der Waals surface area contributed by atoms with E-state index in [0.717, 1.165) is 26.3 Å². The Morgan fingerprint density at radius 2 is 1.69 bits per heavy atom. The third-order valence-corrected chi connectivity index (χ3v) is 2.17. The number of morpholine rings is 1. The molecule has 1 heterocycles. The Labute approximate surface area is 80.9 Å². The van der Waals surface area contributed by atoms with Crippen LogP contribution in [-0.2, 0) is 4.74 Å². The molecule has 0 atom stereocenters. The lowest BCUT2D eigenvalue weighted by Gasteiger charge is -2.29. The highest BCUT2D eigenvalue weighted by Gasteiger charge is 2.08. The predicted octanol–water partition coefficient (Wildman–Crippen LogP) is 2.19. The Kier molecular flexibility index (Phi) is 4.03. The van der Waals surface area contributed by atoms with Gasteiger partial charge in [-0.05, 0) is 26.8 Å². The summed E-state index contributed by atoms with van der Waals surface area (Å²) in [7, 11) is 0. The van der Waals surface area contributed by atoms with Crippen molar-refractivity contribution in [1.29, 1.82) is 0 Å². The molecule has 0 amide bonds. The van der Waals surface area contributed by atoms with E-state index in [1.165, 1.54) is 11.3 Å². The Morgan fingerprint density at radius 3 is 2.23 bits per heavy atom. The van der Waals surface area contributed by atoms with E-state index in [4.69, 9.17) is 4.74 Å². The van der Waals surface area contributed by atoms with Gasteiger partial charge >= 0.3 is 0 Å². The fourth-order valence-corrected chi connectivity index (χ4v) is 1.31. The standard InChI is InChI=1S/C11H19NO/c1-10(2)4-5-11(3)12-6-8-13-9-7-12/h4-5H,6-9H2,1-3H3. The normalized spacial score (nSPS) is 18.7. The highest BCUT2D eigenvalue weighted by atomic mass is 16.5. The first-order valence-corrected chi connectivity index (χ1v) is 4.84. The maximum Gasteiger partial charge on any atom is 0.0642 e. The summed E-state index contributed by atoms with van der Waals surface area (Å²) in [6.45, 7) is 10.2. The van der Waals surface area contributed by atoms with E-state index in [0.29, 0.717) is 0 Å². The molecule has 0 aromatic heterocycles. The van der Waals surface area contributed by atoms with Gasteiger partial charge in [-0.3, -0.25) is 0 Å². The van der Waals surface area contributed by atoms with Crippen molar-refractivity contribution >= 4 is 0 Å². The fraction of sp³-hybridized carbons (Fsp3) is 0.636. The molecule has 1 saturated heterocycles. The average Bonchev–Trinajstić information content (AvgIpc) is 2.15. The molecule has 0 aliphatic carbocycles. The number of hydrogen-bond acceptors (Lipinski definition) is 2. The predicted molar refractivity (Wildman–Crippen MR) is 55.6 cm³/mol. The minimum atomic E-state index is 0.861. The highest BCUT2D eigenvalue weighted by molar-refractivity contribution is 5.13. The second-order valence-electron chi connectivity index (χ2n) is 3.65. The molecule has 2 heteroatoms. The topological polar surface area (TPSA) is 12.5 Å². The fourth-order valence-electron chi connectivity index (χ4n) is 1.31. The van der Waals surface area contributed by atoms with E-state index in [1.807, 2.05) is 0 Å². The summed E-state index contributed by atoms with van der Waals surface area (Å²) >= 11 is 0. The van der Waals surface area contributed by atoms with Gasteiger partial charge in [-0.2, -0.15) is 0 Å². The number of ether oxygens (including phenoxy) is 1. The summed E-state index contributed by atoms with van der Waals surface area (Å²) in [6.07, 6.45) is 4.34. The molecule has 13 heavy (non-hydrogen) atoms. The number of rotatable bonds is 2. The quantitative estimate of drug-likeness (QED) is 0.605. The van der Waals surface area contributed by atoms with E-state index in [9.17, 15) is 0 Å². The second kappa shape index (κ2) is 5.07. The molecule has 0 radical (unpaired) electrons. The average molecular weight is 181 g/mol. The number of hydrogen-bond donors (Lipinski definition) is 0. The highest BCUT2D eigenvalue weighted by Crippen LogP contribution is 2.07. The van der Waals surface area contributed by atoms with Crippen LogP contribution in [0.3, 0.4) is 0 Å². The molecule has 0 N–H and O–H groups in total. The first-order chi connectivity index (χ1) is 6.20. The lowest BCUT2D eigenvalue weighted by molar-refractivity contribution is 0.0537. The molecule has 0 bridgehead atoms. The van der Waals surface area contributed by atoms with E-state index in [2.05, 4.69) is 37.8 Å². The maximum absolute atomic E-state index is 5.29. The van der Waals surface area contributed by atoms with Crippen LogP contribution in [0, 0.1) is 0 Å². The minimum absolute atomic E-state index is 0.861. The maximum atomic E-state index is 5.29. The van der Waals surface area contributed by atoms with Gasteiger partial charge < -0.3 is 9.64 Å². The SMILES string of the molecule is CC(C)=CC=C(C)N1CCOCC1. The van der Waals surface area contributed by atoms with E-state index in [-0.39, 0.29) is 0 Å². The number of allylic oxidation sites excluding steroid dienone is 4. The monoisotopic (exact) mass is 181 g/mol. The van der Waals surface area contributed by atoms with Crippen LogP contribution in [0.15, 0.2) is 23.4 Å². The van der Waals surface area contributed by atoms with Crippen LogP contribution < -0.4 is 0 Å². The van der Waals surface area contributed by atoms with Gasteiger partial charge in [-0.15, -0.1) is 0 Å². The molecule has 0 spiro atoms. The van der Waals surface area contributed by atoms with Crippen molar-refractivity contribution in [1.82, 2.24) is 4.90 Å². The van der Waals surface area contributed by atoms with Crippen molar-refractivity contribution in [3.63, 3.8) is 0 Å². The second-order valence-corrected chi connectivity index (χ2v) is 3.65. The summed E-state index contributed by atoms with van der Waals surface area (Å²) in [6, 6.07) is 0. The van der Waals surface area contributed by atoms with Crippen molar-refractivity contribution in [2.24, 2.45) is 0 Å². The molecule has 1 rings (SSSR count). The zero-order valence-electron chi connectivity index (χ0n) is 8.84. The van der Waals surface area contributed by atoms with Gasteiger partial charge in [-0.1, -0.05) is 11.6 Å².